The summed E-state index contributed by atoms with van der Waals surface area (Å²) in [5.74, 6) is -1.62. The van der Waals surface area contributed by atoms with E-state index in [1.54, 1.807) is 12.2 Å². The molecule has 0 heterocycles. The average molecular weight is 1440 g/mol. The van der Waals surface area contributed by atoms with Crippen LogP contribution in [0.25, 0.3) is 0 Å². The molecule has 102 heavy (non-hydrogen) atoms. The number of allylic oxidation sites excluding steroid dienone is 1. The van der Waals surface area contributed by atoms with Gasteiger partial charge in [-0.2, -0.15) is 0 Å². The SMILES string of the molecule is CC(C)CCCCCCCNC(=O)C/C=C/CC(=O)C(C)C.CC(C)CCCNC(=O)CC(CCC(=O)C(C)C)C(CCC(=O)CCCCCCCNC(C)C)(CC(=O)C(C)C)C(CCC(=O)C(C)C)(CC(=O)NCCCC(C)C)C(CCC(=O)CCCCCCCNC(C)C)CC(=O)C(C)C. The largest absolute Gasteiger partial charge is 0.356 e. The Bertz CT molecular complexity index is 2340. The Morgan fingerprint density at radius 3 is 1.13 bits per heavy atom. The molecule has 0 aliphatic heterocycles. The Labute approximate surface area is 626 Å². The van der Waals surface area contributed by atoms with Crippen molar-refractivity contribution in [1.29, 1.82) is 0 Å². The standard InChI is InChI=1S/C68H126N4O8.C19H35NO2/c1-49(2)29-27-43-71-65(79)46-58(34-36-61(75)51(5)6)67(47-64(78)54(11)12,39-37-60(74)32-24-20-18-22-26-42-70-56(15)16)68(40-38-62(76)52(7)8,48-66(80)72-44-28-30-50(3)4)57(45-63(77)53(9)10)33-35-59(73)31-23-19-17-21-25-41-69-55(13)14;1-16(2)12-8-6-5-7-11-15-20-19(22)14-10-9-13-18(21)17(3)4/h49-58,69-70H,17-48H2,1-16H3,(H,71,79)(H,72,80);9-10,16-17H,5-8,11-15H2,1-4H3,(H,20,22)/b;10-9+. The first kappa shape index (κ1) is 99.8. The summed E-state index contributed by atoms with van der Waals surface area (Å²) >= 11 is 0. The number of carbonyl (C=O) groups excluding carboxylic acids is 10. The third-order valence-corrected chi connectivity index (χ3v) is 20.8. The van der Waals surface area contributed by atoms with Crippen LogP contribution in [0.1, 0.15) is 370 Å². The molecule has 0 aromatic heterocycles. The van der Waals surface area contributed by atoms with Crippen molar-refractivity contribution >= 4 is 58.2 Å². The fourth-order valence-electron chi connectivity index (χ4n) is 13.9. The molecule has 5 N–H and O–H groups in total. The molecule has 0 fully saturated rings. The molecule has 594 valence electrons. The zero-order valence-corrected chi connectivity index (χ0v) is 69.7. The van der Waals surface area contributed by atoms with Crippen LogP contribution < -0.4 is 26.6 Å². The van der Waals surface area contributed by atoms with E-state index in [4.69, 9.17) is 0 Å². The van der Waals surface area contributed by atoms with Crippen LogP contribution in [0.5, 0.6) is 0 Å². The van der Waals surface area contributed by atoms with Crippen molar-refractivity contribution < 1.29 is 47.9 Å². The van der Waals surface area contributed by atoms with Gasteiger partial charge in [-0.3, -0.25) is 47.9 Å². The second-order valence-corrected chi connectivity index (χ2v) is 33.9. The molecule has 0 aliphatic rings. The molecule has 0 radical (unpaired) electrons. The van der Waals surface area contributed by atoms with Gasteiger partial charge in [0.1, 0.15) is 40.5 Å². The quantitative estimate of drug-likeness (QED) is 0.0283. The predicted octanol–water partition coefficient (Wildman–Crippen LogP) is 19.4. The van der Waals surface area contributed by atoms with Crippen molar-refractivity contribution in [2.24, 2.45) is 70.0 Å². The smallest absolute Gasteiger partial charge is 0.223 e. The van der Waals surface area contributed by atoms with Crippen molar-refractivity contribution in [3.63, 3.8) is 0 Å². The molecule has 15 heteroatoms. The molecule has 4 atom stereocenters. The van der Waals surface area contributed by atoms with Gasteiger partial charge in [-0.1, -0.05) is 221 Å². The fourth-order valence-corrected chi connectivity index (χ4v) is 13.9. The maximum absolute atomic E-state index is 15.3. The molecule has 0 aromatic carbocycles. The van der Waals surface area contributed by atoms with Crippen LogP contribution in [0.4, 0.5) is 0 Å². The molecular formula is C87H161N5O10. The van der Waals surface area contributed by atoms with Crippen LogP contribution >= 0.6 is 0 Å². The van der Waals surface area contributed by atoms with Gasteiger partial charge in [0.25, 0.3) is 0 Å². The van der Waals surface area contributed by atoms with Crippen molar-refractivity contribution in [1.82, 2.24) is 26.6 Å². The van der Waals surface area contributed by atoms with Crippen molar-refractivity contribution in [3.8, 4) is 0 Å². The second kappa shape index (κ2) is 59.8. The van der Waals surface area contributed by atoms with E-state index in [0.717, 1.165) is 115 Å². The van der Waals surface area contributed by atoms with E-state index in [0.29, 0.717) is 69.1 Å². The van der Waals surface area contributed by atoms with Crippen LogP contribution in [-0.2, 0) is 47.9 Å². The third kappa shape index (κ3) is 50.3. The van der Waals surface area contributed by atoms with Gasteiger partial charge < -0.3 is 26.6 Å². The molecule has 0 bridgehead atoms. The number of nitrogens with one attached hydrogen (secondary N) is 5. The Hall–Kier alpha value is -4.24. The number of ketones is 7. The normalized spacial score (nSPS) is 13.7. The number of hydrogen-bond acceptors (Lipinski definition) is 12. The van der Waals surface area contributed by atoms with Crippen molar-refractivity contribution in [3.05, 3.63) is 12.2 Å². The van der Waals surface area contributed by atoms with E-state index >= 15 is 9.59 Å². The summed E-state index contributed by atoms with van der Waals surface area (Å²) in [5.41, 5.74) is -2.73. The van der Waals surface area contributed by atoms with Gasteiger partial charge in [-0.05, 0) is 137 Å². The minimum absolute atomic E-state index is 0.000305. The van der Waals surface area contributed by atoms with Gasteiger partial charge in [0.2, 0.25) is 17.7 Å². The van der Waals surface area contributed by atoms with Crippen molar-refractivity contribution in [2.75, 3.05) is 32.7 Å². The van der Waals surface area contributed by atoms with Gasteiger partial charge in [0, 0.05) is 138 Å². The number of Topliss-reactive ketones (excluding diaryl/α,β-unsaturated/α-hetero) is 7. The molecule has 4 unspecified atom stereocenters. The van der Waals surface area contributed by atoms with E-state index in [2.05, 4.69) is 95.8 Å². The highest BCUT2D eigenvalue weighted by Gasteiger charge is 2.60. The Kier molecular flexibility index (Phi) is 58.6. The van der Waals surface area contributed by atoms with Crippen LogP contribution in [0.3, 0.4) is 0 Å². The highest BCUT2D eigenvalue weighted by atomic mass is 16.2. The first-order valence-corrected chi connectivity index (χ1v) is 41.6. The summed E-state index contributed by atoms with van der Waals surface area (Å²) in [4.78, 5) is 141. The lowest BCUT2D eigenvalue weighted by molar-refractivity contribution is -0.157. The van der Waals surface area contributed by atoms with Gasteiger partial charge >= 0.3 is 0 Å². The van der Waals surface area contributed by atoms with Gasteiger partial charge in [-0.15, -0.1) is 0 Å². The van der Waals surface area contributed by atoms with Gasteiger partial charge in [0.05, 0.1) is 0 Å². The predicted molar refractivity (Wildman–Crippen MR) is 426 cm³/mol. The zero-order valence-electron chi connectivity index (χ0n) is 69.7. The molecule has 0 aromatic rings. The number of hydrogen-bond donors (Lipinski definition) is 5. The van der Waals surface area contributed by atoms with Gasteiger partial charge in [0.15, 0.2) is 0 Å². The number of amides is 3. The Morgan fingerprint density at radius 2 is 0.647 bits per heavy atom. The molecule has 0 saturated carbocycles. The van der Waals surface area contributed by atoms with Crippen LogP contribution in [-0.4, -0.2) is 103 Å². The summed E-state index contributed by atoms with van der Waals surface area (Å²) < 4.78 is 0. The van der Waals surface area contributed by atoms with Gasteiger partial charge in [-0.25, -0.2) is 0 Å². The monoisotopic (exact) mass is 1440 g/mol. The maximum Gasteiger partial charge on any atom is 0.223 e. The first-order valence-electron chi connectivity index (χ1n) is 41.6. The van der Waals surface area contributed by atoms with E-state index in [1.165, 1.54) is 32.1 Å². The molecule has 0 saturated heterocycles. The maximum atomic E-state index is 15.3. The van der Waals surface area contributed by atoms with E-state index in [9.17, 15) is 38.4 Å². The van der Waals surface area contributed by atoms with E-state index in [-0.39, 0.29) is 153 Å². The fraction of sp³-hybridized carbons (Fsp3) is 0.862. The minimum atomic E-state index is -1.37. The number of carbonyl (C=O) groups is 10. The van der Waals surface area contributed by atoms with E-state index < -0.39 is 34.5 Å². The first-order chi connectivity index (χ1) is 48.0. The highest BCUT2D eigenvalue weighted by Crippen LogP contribution is 2.64. The second-order valence-electron chi connectivity index (χ2n) is 33.9. The summed E-state index contributed by atoms with van der Waals surface area (Å²) in [5, 5.41) is 16.3. The summed E-state index contributed by atoms with van der Waals surface area (Å²) in [6.45, 7) is 43.8. The Morgan fingerprint density at radius 1 is 0.284 bits per heavy atom. The molecule has 15 nitrogen and oxygen atoms in total. The Balaban J connectivity index is 0. The summed E-state index contributed by atoms with van der Waals surface area (Å²) in [6.07, 6.45) is 26.0. The minimum Gasteiger partial charge on any atom is -0.356 e. The van der Waals surface area contributed by atoms with E-state index in [1.807, 2.05) is 69.2 Å². The molecule has 0 spiro atoms. The lowest BCUT2D eigenvalue weighted by Gasteiger charge is -2.59. The topological polar surface area (TPSA) is 231 Å². The zero-order chi connectivity index (χ0) is 77.6. The third-order valence-electron chi connectivity index (χ3n) is 20.8. The van der Waals surface area contributed by atoms with Crippen molar-refractivity contribution in [2.45, 2.75) is 382 Å². The van der Waals surface area contributed by atoms with Crippen LogP contribution in [0.2, 0.25) is 0 Å². The summed E-state index contributed by atoms with van der Waals surface area (Å²) in [7, 11) is 0. The lowest BCUT2D eigenvalue weighted by Crippen LogP contribution is -2.56. The average Bonchev–Trinajstić information content (AvgIpc) is 0.726. The van der Waals surface area contributed by atoms with Crippen LogP contribution in [0.15, 0.2) is 12.2 Å². The molecule has 0 rings (SSSR count). The number of rotatable bonds is 66. The lowest BCUT2D eigenvalue weighted by atomic mass is 9.44. The number of unbranched alkanes of at least 4 members (excludes halogenated alkanes) is 12. The summed E-state index contributed by atoms with van der Waals surface area (Å²) in [6, 6.07) is 0.861. The highest BCUT2D eigenvalue weighted by molar-refractivity contribution is 5.86. The molecular weight excluding hydrogens is 1270 g/mol. The molecule has 3 amide bonds. The van der Waals surface area contributed by atoms with Crippen LogP contribution in [0, 0.1) is 70.0 Å². The molecule has 0 aliphatic carbocycles.